The third-order valence-electron chi connectivity index (χ3n) is 11.5. The maximum Gasteiger partial charge on any atom is 0.490 e. The quantitative estimate of drug-likeness (QED) is 0.0569. The summed E-state index contributed by atoms with van der Waals surface area (Å²) in [5.41, 5.74) is 8.51. The van der Waals surface area contributed by atoms with E-state index < -0.39 is 50.9 Å². The minimum Gasteiger partial charge on any atom is -0.507 e. The van der Waals surface area contributed by atoms with Crippen LogP contribution in [-0.4, -0.2) is 75.7 Å². The van der Waals surface area contributed by atoms with Gasteiger partial charge in [-0.05, 0) is 72.8 Å². The van der Waals surface area contributed by atoms with Crippen LogP contribution in [0.5, 0.6) is 23.0 Å². The van der Waals surface area contributed by atoms with E-state index in [-0.39, 0.29) is 60.1 Å². The molecule has 0 fully saturated rings. The third-order valence-corrected chi connectivity index (χ3v) is 15.0. The number of benzene rings is 7. The summed E-state index contributed by atoms with van der Waals surface area (Å²) in [6, 6.07) is 59.8. The summed E-state index contributed by atoms with van der Waals surface area (Å²) >= 11 is -3.42. The number of aliphatic carboxylic acids is 1. The largest absolute Gasteiger partial charge is 0.507 e. The summed E-state index contributed by atoms with van der Waals surface area (Å²) in [7, 11) is 0. The number of carboxylic acids is 1. The number of carbonyl (C=O) groups excluding carboxylic acids is 2. The first kappa shape index (κ1) is 63.3. The Morgan fingerprint density at radius 3 is 0.880 bits per heavy atom. The fourth-order valence-corrected chi connectivity index (χ4v) is 10.5. The summed E-state index contributed by atoms with van der Waals surface area (Å²) in [5.74, 6) is -5.13. The first-order valence-electron chi connectivity index (χ1n) is 23.7. The van der Waals surface area contributed by atoms with Crippen molar-refractivity contribution in [3.05, 3.63) is 204 Å². The van der Waals surface area contributed by atoms with Crippen molar-refractivity contribution in [3.63, 3.8) is 0 Å². The van der Waals surface area contributed by atoms with E-state index in [1.165, 1.54) is 12.1 Å². The Labute approximate surface area is 496 Å². The third kappa shape index (κ3) is 15.8. The summed E-state index contributed by atoms with van der Waals surface area (Å²) in [6.45, 7) is 1.04. The summed E-state index contributed by atoms with van der Waals surface area (Å²) in [5, 5.41) is 51.7. The molecular weight excluding hydrogens is 1300 g/mol. The molecule has 0 atom stereocenters. The van der Waals surface area contributed by atoms with E-state index in [9.17, 15) is 56.4 Å². The zero-order chi connectivity index (χ0) is 58.0. The van der Waals surface area contributed by atoms with Gasteiger partial charge in [-0.25, -0.2) is 24.7 Å². The summed E-state index contributed by atoms with van der Waals surface area (Å²) < 4.78 is 77.2. The number of phenolic OH excluding ortho intramolecular Hbond substituents is 4. The molecule has 0 amide bonds. The number of pyridine rings is 4. The van der Waals surface area contributed by atoms with Crippen molar-refractivity contribution in [2.45, 2.75) is 19.3 Å². The van der Waals surface area contributed by atoms with Crippen molar-refractivity contribution in [3.8, 4) is 68.0 Å². The molecular formula is C60H41Co2F6IN4O10. The van der Waals surface area contributed by atoms with Crippen LogP contribution in [-0.2, 0) is 54.1 Å². The number of aromatic hydroxyl groups is 4. The van der Waals surface area contributed by atoms with Crippen molar-refractivity contribution in [2.24, 2.45) is 0 Å². The number of carbonyl (C=O) groups is 3. The van der Waals surface area contributed by atoms with Gasteiger partial charge in [-0.15, -0.1) is 0 Å². The standard InChI is InChI=1S/2C24H16N2O2.C10H8F3IO4.C2HF3O2.2Co/c2*27-21-7-3-1-5-17(21)19-13-11-15-9-10-16-12-14-20(26-24(16)23(15)25-19)18-6-2-4-8-22(18)28;1-7(15)17-14(8-5-3-2-4-6-8)18-9(16)10(11,12)13;3-2(4,5)1(6)7;;/h2*1-14,27-28H;2-6H,1H3;(H,6,7);;. The van der Waals surface area contributed by atoms with Gasteiger partial charge in [-0.3, -0.25) is 0 Å². The van der Waals surface area contributed by atoms with Crippen LogP contribution in [0.2, 0.25) is 0 Å². The second kappa shape index (κ2) is 27.7. The Kier molecular flexibility index (Phi) is 21.1. The maximum atomic E-state index is 12.1. The monoisotopic (exact) mass is 1340 g/mol. The van der Waals surface area contributed by atoms with Crippen LogP contribution in [0.25, 0.3) is 88.6 Å². The number of halogens is 7. The molecule has 4 aromatic heterocycles. The van der Waals surface area contributed by atoms with Crippen LogP contribution in [0.4, 0.5) is 26.3 Å². The van der Waals surface area contributed by atoms with Gasteiger partial charge in [0.15, 0.2) is 0 Å². The Morgan fingerprint density at radius 2 is 0.639 bits per heavy atom. The molecule has 5 N–H and O–H groups in total. The summed E-state index contributed by atoms with van der Waals surface area (Å²) in [4.78, 5) is 49.7. The molecule has 0 spiro atoms. The predicted octanol–water partition coefficient (Wildman–Crippen LogP) is 14.5. The Bertz CT molecular complexity index is 3710. The molecule has 0 saturated carbocycles. The average molecular weight is 1340 g/mol. The molecule has 23 heteroatoms. The van der Waals surface area contributed by atoms with Gasteiger partial charge in [0.1, 0.15) is 23.0 Å². The fourth-order valence-electron chi connectivity index (χ4n) is 7.72. The van der Waals surface area contributed by atoms with E-state index in [0.29, 0.717) is 45.0 Å². The molecule has 4 heterocycles. The molecule has 0 aliphatic rings. The number of para-hydroxylation sites is 4. The molecule has 83 heavy (non-hydrogen) atoms. The van der Waals surface area contributed by atoms with Gasteiger partial charge in [0.2, 0.25) is 0 Å². The van der Waals surface area contributed by atoms with Gasteiger partial charge >= 0.3 is 121 Å². The molecule has 0 aliphatic heterocycles. The van der Waals surface area contributed by atoms with Crippen molar-refractivity contribution in [1.29, 1.82) is 0 Å². The molecule has 0 unspecified atom stereocenters. The van der Waals surface area contributed by atoms with Crippen molar-refractivity contribution < 1.29 is 106 Å². The Morgan fingerprint density at radius 1 is 0.386 bits per heavy atom. The maximum absolute atomic E-state index is 12.1. The van der Waals surface area contributed by atoms with Crippen LogP contribution in [0, 0.1) is 3.57 Å². The molecule has 2 radical (unpaired) electrons. The molecule has 11 rings (SSSR count). The number of carboxylic acid groups (broad SMARTS) is 1. The van der Waals surface area contributed by atoms with E-state index in [2.05, 4.69) is 6.13 Å². The minimum absolute atomic E-state index is 0. The predicted molar refractivity (Wildman–Crippen MR) is 299 cm³/mol. The zero-order valence-corrected chi connectivity index (χ0v) is 46.7. The molecule has 0 saturated heterocycles. The Hall–Kier alpha value is -8.89. The molecule has 11 aromatic rings. The fraction of sp³-hybridized carbons (Fsp3) is 0.0500. The number of rotatable bonds is 7. The normalized spacial score (nSPS) is 11.0. The number of fused-ring (bicyclic) bond motifs is 6. The van der Waals surface area contributed by atoms with Crippen molar-refractivity contribution in [2.75, 3.05) is 0 Å². The van der Waals surface area contributed by atoms with Crippen LogP contribution in [0.3, 0.4) is 0 Å². The van der Waals surface area contributed by atoms with Crippen molar-refractivity contribution in [1.82, 2.24) is 19.9 Å². The number of nitrogens with zero attached hydrogens (tertiary/aromatic N) is 4. The first-order valence-corrected chi connectivity index (χ1v) is 26.6. The van der Waals surface area contributed by atoms with Gasteiger partial charge in [-0.2, -0.15) is 13.2 Å². The van der Waals surface area contributed by atoms with E-state index in [0.717, 1.165) is 50.5 Å². The molecule has 14 nitrogen and oxygen atoms in total. The second-order valence-electron chi connectivity index (χ2n) is 17.0. The Balaban J connectivity index is 0.000000191. The molecule has 7 aromatic carbocycles. The SMILES string of the molecule is CC(=O)OI(OC(=O)C(F)(F)F)c1ccccc1.O=C(O)C(F)(F)F.Oc1ccccc1-c1ccc2ccc3ccc(-c4ccccc4O)nc3c2n1.Oc1ccccc1-c1ccc2ccc3ccc(-c4ccccc4O)nc3c2n1.[Co].[Co]. The molecule has 428 valence electrons. The van der Waals surface area contributed by atoms with E-state index in [1.807, 2.05) is 121 Å². The smallest absolute Gasteiger partial charge is 0.490 e. The number of alkyl halides is 6. The van der Waals surface area contributed by atoms with Crippen LogP contribution in [0.15, 0.2) is 200 Å². The number of hydrogen-bond donors (Lipinski definition) is 5. The van der Waals surface area contributed by atoms with Gasteiger partial charge in [0.05, 0.1) is 44.8 Å². The minimum atomic E-state index is -5.11. The van der Waals surface area contributed by atoms with Gasteiger partial charge in [0, 0.05) is 77.4 Å². The average Bonchev–Trinajstić information content (AvgIpc) is 3.65. The van der Waals surface area contributed by atoms with E-state index >= 15 is 0 Å². The topological polar surface area (TPSA) is 222 Å². The van der Waals surface area contributed by atoms with Crippen molar-refractivity contribution >= 4 is 82.2 Å². The molecule has 0 aliphatic carbocycles. The van der Waals surface area contributed by atoms with Crippen LogP contribution >= 0.6 is 20.6 Å². The second-order valence-corrected chi connectivity index (χ2v) is 20.4. The first-order chi connectivity index (χ1) is 38.7. The number of phenols is 4. The van der Waals surface area contributed by atoms with Gasteiger partial charge < -0.3 is 25.5 Å². The van der Waals surface area contributed by atoms with E-state index in [1.54, 1.807) is 66.7 Å². The van der Waals surface area contributed by atoms with Gasteiger partial charge in [-0.1, -0.05) is 97.1 Å². The zero-order valence-electron chi connectivity index (χ0n) is 42.4. The summed E-state index contributed by atoms with van der Waals surface area (Å²) in [6.07, 6.45) is -10.2. The molecule has 0 bridgehead atoms. The van der Waals surface area contributed by atoms with E-state index in [4.69, 9.17) is 29.8 Å². The van der Waals surface area contributed by atoms with Crippen LogP contribution in [0.1, 0.15) is 6.92 Å². The number of hydrogen-bond acceptors (Lipinski definition) is 13. The van der Waals surface area contributed by atoms with Crippen LogP contribution < -0.4 is 0 Å². The number of aromatic nitrogens is 4. The van der Waals surface area contributed by atoms with Gasteiger partial charge in [0.25, 0.3) is 0 Å².